The fourth-order valence-corrected chi connectivity index (χ4v) is 1.54. The molecule has 1 heterocycles. The quantitative estimate of drug-likeness (QED) is 0.651. The highest BCUT2D eigenvalue weighted by atomic mass is 16.6. The zero-order valence-electron chi connectivity index (χ0n) is 9.54. The number of nitrogens with zero attached hydrogens (tertiary/aromatic N) is 3. The Bertz CT molecular complexity index is 562. The molecule has 0 saturated heterocycles. The van der Waals surface area contributed by atoms with Gasteiger partial charge in [-0.1, -0.05) is 0 Å². The van der Waals surface area contributed by atoms with Crippen LogP contribution in [0.25, 0.3) is 0 Å². The van der Waals surface area contributed by atoms with Gasteiger partial charge in [-0.3, -0.25) is 14.8 Å². The molecular weight excluding hydrogens is 220 g/mol. The summed E-state index contributed by atoms with van der Waals surface area (Å²) < 4.78 is 1.68. The number of anilines is 2. The first-order chi connectivity index (χ1) is 8.06. The van der Waals surface area contributed by atoms with E-state index in [4.69, 9.17) is 0 Å². The second-order valence-corrected chi connectivity index (χ2v) is 3.78. The Morgan fingerprint density at radius 3 is 2.76 bits per heavy atom. The number of rotatable bonds is 3. The van der Waals surface area contributed by atoms with Crippen molar-refractivity contribution in [2.45, 2.75) is 6.92 Å². The van der Waals surface area contributed by atoms with Crippen LogP contribution in [-0.2, 0) is 7.05 Å². The number of non-ortho nitro benzene ring substituents is 1. The van der Waals surface area contributed by atoms with Gasteiger partial charge in [-0.2, -0.15) is 5.10 Å². The fraction of sp³-hybridized carbons (Fsp3) is 0.182. The van der Waals surface area contributed by atoms with Crippen LogP contribution in [-0.4, -0.2) is 14.7 Å². The van der Waals surface area contributed by atoms with E-state index in [1.165, 1.54) is 6.07 Å². The first-order valence-electron chi connectivity index (χ1n) is 5.07. The summed E-state index contributed by atoms with van der Waals surface area (Å²) in [5.74, 6) is 0. The third kappa shape index (κ3) is 2.41. The zero-order valence-corrected chi connectivity index (χ0v) is 9.54. The lowest BCUT2D eigenvalue weighted by molar-refractivity contribution is -0.384. The minimum absolute atomic E-state index is 0.0965. The van der Waals surface area contributed by atoms with Crippen LogP contribution in [0.4, 0.5) is 17.1 Å². The first kappa shape index (κ1) is 11.1. The van der Waals surface area contributed by atoms with Crippen LogP contribution < -0.4 is 5.32 Å². The van der Waals surface area contributed by atoms with Crippen LogP contribution >= 0.6 is 0 Å². The Labute approximate surface area is 98.0 Å². The monoisotopic (exact) mass is 232 g/mol. The van der Waals surface area contributed by atoms with Gasteiger partial charge in [0.2, 0.25) is 0 Å². The molecule has 1 aromatic carbocycles. The molecule has 0 radical (unpaired) electrons. The maximum atomic E-state index is 10.6. The number of benzene rings is 1. The molecule has 1 N–H and O–H groups in total. The topological polar surface area (TPSA) is 73.0 Å². The molecule has 17 heavy (non-hydrogen) atoms. The van der Waals surface area contributed by atoms with Gasteiger partial charge in [0.15, 0.2) is 0 Å². The molecule has 0 saturated carbocycles. The molecule has 0 spiro atoms. The summed E-state index contributed by atoms with van der Waals surface area (Å²) in [7, 11) is 1.83. The minimum atomic E-state index is -0.402. The van der Waals surface area contributed by atoms with Gasteiger partial charge in [0.05, 0.1) is 16.8 Å². The third-order valence-corrected chi connectivity index (χ3v) is 2.40. The lowest BCUT2D eigenvalue weighted by Gasteiger charge is -2.06. The Balaban J connectivity index is 2.25. The van der Waals surface area contributed by atoms with E-state index in [-0.39, 0.29) is 5.69 Å². The highest BCUT2D eigenvalue weighted by Gasteiger charge is 2.08. The van der Waals surface area contributed by atoms with Crippen LogP contribution in [0.5, 0.6) is 0 Å². The number of nitro benzene ring substituents is 1. The molecule has 6 nitrogen and oxygen atoms in total. The average molecular weight is 232 g/mol. The van der Waals surface area contributed by atoms with Gasteiger partial charge in [0.25, 0.3) is 5.69 Å². The predicted octanol–water partition coefficient (Wildman–Crippen LogP) is 2.38. The summed E-state index contributed by atoms with van der Waals surface area (Å²) in [6, 6.07) is 4.71. The number of aryl methyl sites for hydroxylation is 2. The molecule has 1 aromatic heterocycles. The molecule has 0 aliphatic carbocycles. The van der Waals surface area contributed by atoms with E-state index >= 15 is 0 Å². The number of nitrogens with one attached hydrogen (secondary N) is 1. The van der Waals surface area contributed by atoms with Crippen molar-refractivity contribution < 1.29 is 4.92 Å². The van der Waals surface area contributed by atoms with E-state index < -0.39 is 4.92 Å². The van der Waals surface area contributed by atoms with Gasteiger partial charge in [0, 0.05) is 31.1 Å². The lowest BCUT2D eigenvalue weighted by atomic mass is 10.2. The summed E-state index contributed by atoms with van der Waals surface area (Å²) in [5, 5.41) is 17.8. The molecule has 2 rings (SSSR count). The standard InChI is InChI=1S/C11H12N4O2/c1-8-5-10(15(16)17)3-4-11(8)13-9-6-12-14(2)7-9/h3-7,13H,1-2H3. The molecule has 2 aromatic rings. The van der Waals surface area contributed by atoms with Gasteiger partial charge < -0.3 is 5.32 Å². The number of nitro groups is 1. The molecule has 6 heteroatoms. The summed E-state index contributed by atoms with van der Waals surface area (Å²) in [6.45, 7) is 1.83. The van der Waals surface area contributed by atoms with Crippen molar-refractivity contribution in [2.75, 3.05) is 5.32 Å². The van der Waals surface area contributed by atoms with Crippen molar-refractivity contribution >= 4 is 17.1 Å². The summed E-state index contributed by atoms with van der Waals surface area (Å²) >= 11 is 0. The summed E-state index contributed by atoms with van der Waals surface area (Å²) in [4.78, 5) is 10.2. The molecule has 0 unspecified atom stereocenters. The van der Waals surface area contributed by atoms with E-state index in [1.807, 2.05) is 20.2 Å². The molecular formula is C11H12N4O2. The summed E-state index contributed by atoms with van der Waals surface area (Å²) in [6.07, 6.45) is 3.53. The summed E-state index contributed by atoms with van der Waals surface area (Å²) in [5.41, 5.74) is 2.61. The van der Waals surface area contributed by atoms with E-state index in [1.54, 1.807) is 23.0 Å². The first-order valence-corrected chi connectivity index (χ1v) is 5.07. The van der Waals surface area contributed by atoms with E-state index in [0.29, 0.717) is 0 Å². The molecule has 0 aliphatic heterocycles. The van der Waals surface area contributed by atoms with Crippen molar-refractivity contribution in [3.63, 3.8) is 0 Å². The second-order valence-electron chi connectivity index (χ2n) is 3.78. The Kier molecular flexibility index (Phi) is 2.78. The zero-order chi connectivity index (χ0) is 12.4. The lowest BCUT2D eigenvalue weighted by Crippen LogP contribution is -1.94. The van der Waals surface area contributed by atoms with Crippen LogP contribution in [0.3, 0.4) is 0 Å². The van der Waals surface area contributed by atoms with Crippen molar-refractivity contribution in [3.05, 3.63) is 46.3 Å². The molecule has 0 bridgehead atoms. The maximum Gasteiger partial charge on any atom is 0.269 e. The maximum absolute atomic E-state index is 10.6. The van der Waals surface area contributed by atoms with E-state index in [0.717, 1.165) is 16.9 Å². The van der Waals surface area contributed by atoms with Gasteiger partial charge >= 0.3 is 0 Å². The van der Waals surface area contributed by atoms with Crippen LogP contribution in [0.15, 0.2) is 30.6 Å². The van der Waals surface area contributed by atoms with Crippen molar-refractivity contribution in [1.29, 1.82) is 0 Å². The Morgan fingerprint density at radius 1 is 1.47 bits per heavy atom. The van der Waals surface area contributed by atoms with E-state index in [2.05, 4.69) is 10.4 Å². The SMILES string of the molecule is Cc1cc([N+](=O)[O-])ccc1Nc1cnn(C)c1. The van der Waals surface area contributed by atoms with Gasteiger partial charge in [-0.05, 0) is 18.6 Å². The molecule has 0 atom stereocenters. The van der Waals surface area contributed by atoms with Crippen LogP contribution in [0.2, 0.25) is 0 Å². The van der Waals surface area contributed by atoms with Crippen LogP contribution in [0, 0.1) is 17.0 Å². The molecule has 88 valence electrons. The largest absolute Gasteiger partial charge is 0.353 e. The Hall–Kier alpha value is -2.37. The Morgan fingerprint density at radius 2 is 2.24 bits per heavy atom. The second kappa shape index (κ2) is 4.25. The number of aromatic nitrogens is 2. The van der Waals surface area contributed by atoms with Crippen LogP contribution in [0.1, 0.15) is 5.56 Å². The minimum Gasteiger partial charge on any atom is -0.353 e. The molecule has 0 fully saturated rings. The normalized spacial score (nSPS) is 10.2. The average Bonchev–Trinajstić information content (AvgIpc) is 2.67. The highest BCUT2D eigenvalue weighted by molar-refractivity contribution is 5.63. The number of hydrogen-bond acceptors (Lipinski definition) is 4. The van der Waals surface area contributed by atoms with Crippen molar-refractivity contribution in [1.82, 2.24) is 9.78 Å². The van der Waals surface area contributed by atoms with Crippen molar-refractivity contribution in [2.24, 2.45) is 7.05 Å². The smallest absolute Gasteiger partial charge is 0.269 e. The van der Waals surface area contributed by atoms with Gasteiger partial charge in [0.1, 0.15) is 0 Å². The highest BCUT2D eigenvalue weighted by Crippen LogP contribution is 2.24. The third-order valence-electron chi connectivity index (χ3n) is 2.40. The van der Waals surface area contributed by atoms with Crippen molar-refractivity contribution in [3.8, 4) is 0 Å². The molecule has 0 aliphatic rings. The van der Waals surface area contributed by atoms with Gasteiger partial charge in [-0.25, -0.2) is 0 Å². The predicted molar refractivity (Wildman–Crippen MR) is 64.3 cm³/mol. The molecule has 0 amide bonds. The van der Waals surface area contributed by atoms with E-state index in [9.17, 15) is 10.1 Å². The number of hydrogen-bond donors (Lipinski definition) is 1. The fourth-order valence-electron chi connectivity index (χ4n) is 1.54. The van der Waals surface area contributed by atoms with Gasteiger partial charge in [-0.15, -0.1) is 0 Å².